The largest absolute Gasteiger partial charge is 0.327 e. The van der Waals surface area contributed by atoms with Gasteiger partial charge in [-0.2, -0.15) is 0 Å². The number of carbonyl (C=O) groups excluding carboxylic acids is 2. The number of amides is 2. The van der Waals surface area contributed by atoms with Gasteiger partial charge in [0.05, 0.1) is 0 Å². The summed E-state index contributed by atoms with van der Waals surface area (Å²) in [5, 5.41) is 2.62. The number of hydrogen-bond donors (Lipinski definition) is 1. The molecule has 0 saturated carbocycles. The van der Waals surface area contributed by atoms with E-state index in [1.54, 1.807) is 12.2 Å². The molecular formula is C18H24N2O2. The molecule has 1 N–H and O–H groups in total. The van der Waals surface area contributed by atoms with E-state index < -0.39 is 11.8 Å². The summed E-state index contributed by atoms with van der Waals surface area (Å²) in [7, 11) is 0. The SMILES string of the molecule is C=CCN(CC=C)C(=O)C(=O)Nc1ccc(CCCC)cc1. The van der Waals surface area contributed by atoms with Crippen LogP contribution in [0.2, 0.25) is 0 Å². The van der Waals surface area contributed by atoms with E-state index in [9.17, 15) is 9.59 Å². The Kier molecular flexibility index (Phi) is 7.68. The first kappa shape index (κ1) is 17.7. The summed E-state index contributed by atoms with van der Waals surface area (Å²) in [4.78, 5) is 25.4. The molecule has 0 unspecified atom stereocenters. The van der Waals surface area contributed by atoms with E-state index in [1.165, 1.54) is 10.5 Å². The van der Waals surface area contributed by atoms with Gasteiger partial charge in [0.25, 0.3) is 0 Å². The molecule has 0 heterocycles. The van der Waals surface area contributed by atoms with E-state index in [4.69, 9.17) is 0 Å². The zero-order valence-electron chi connectivity index (χ0n) is 13.2. The van der Waals surface area contributed by atoms with Gasteiger partial charge in [0, 0.05) is 18.8 Å². The van der Waals surface area contributed by atoms with Crippen LogP contribution in [0.5, 0.6) is 0 Å². The summed E-state index contributed by atoms with van der Waals surface area (Å²) < 4.78 is 0. The van der Waals surface area contributed by atoms with Crippen molar-refractivity contribution in [3.63, 3.8) is 0 Å². The first-order chi connectivity index (χ1) is 10.6. The van der Waals surface area contributed by atoms with Crippen LogP contribution in [0.1, 0.15) is 25.3 Å². The topological polar surface area (TPSA) is 49.4 Å². The molecule has 4 nitrogen and oxygen atoms in total. The first-order valence-corrected chi connectivity index (χ1v) is 7.53. The third-order valence-electron chi connectivity index (χ3n) is 3.21. The highest BCUT2D eigenvalue weighted by atomic mass is 16.2. The van der Waals surface area contributed by atoms with Gasteiger partial charge >= 0.3 is 11.8 Å². The molecule has 0 aromatic heterocycles. The third kappa shape index (κ3) is 5.56. The molecular weight excluding hydrogens is 276 g/mol. The molecule has 0 fully saturated rings. The Hall–Kier alpha value is -2.36. The average molecular weight is 300 g/mol. The van der Waals surface area contributed by atoms with Gasteiger partial charge in [-0.15, -0.1) is 13.2 Å². The molecule has 1 aromatic rings. The summed E-state index contributed by atoms with van der Waals surface area (Å²) >= 11 is 0. The van der Waals surface area contributed by atoms with Crippen molar-refractivity contribution >= 4 is 17.5 Å². The summed E-state index contributed by atoms with van der Waals surface area (Å²) in [5.74, 6) is -1.24. The Balaban J connectivity index is 2.64. The maximum Gasteiger partial charge on any atom is 0.313 e. The van der Waals surface area contributed by atoms with E-state index in [0.717, 1.165) is 19.3 Å². The monoisotopic (exact) mass is 300 g/mol. The predicted octanol–water partition coefficient (Wildman–Crippen LogP) is 3.17. The van der Waals surface area contributed by atoms with Crippen molar-refractivity contribution in [2.45, 2.75) is 26.2 Å². The predicted molar refractivity (Wildman–Crippen MR) is 90.7 cm³/mol. The fraction of sp³-hybridized carbons (Fsp3) is 0.333. The lowest BCUT2D eigenvalue weighted by Gasteiger charge is -2.18. The van der Waals surface area contributed by atoms with Gasteiger partial charge < -0.3 is 10.2 Å². The van der Waals surface area contributed by atoms with Crippen LogP contribution in [0.15, 0.2) is 49.6 Å². The first-order valence-electron chi connectivity index (χ1n) is 7.53. The quantitative estimate of drug-likeness (QED) is 0.592. The van der Waals surface area contributed by atoms with Gasteiger partial charge in [0.15, 0.2) is 0 Å². The minimum atomic E-state index is -0.648. The average Bonchev–Trinajstić information content (AvgIpc) is 2.53. The highest BCUT2D eigenvalue weighted by Gasteiger charge is 2.19. The minimum absolute atomic E-state index is 0.314. The second-order valence-electron chi connectivity index (χ2n) is 5.04. The molecule has 1 aromatic carbocycles. The van der Waals surface area contributed by atoms with Crippen LogP contribution in [0, 0.1) is 0 Å². The fourth-order valence-electron chi connectivity index (χ4n) is 2.02. The Morgan fingerprint density at radius 2 is 1.73 bits per heavy atom. The van der Waals surface area contributed by atoms with Crippen molar-refractivity contribution in [2.24, 2.45) is 0 Å². The number of hydrogen-bond acceptors (Lipinski definition) is 2. The molecule has 0 bridgehead atoms. The number of anilines is 1. The number of benzene rings is 1. The van der Waals surface area contributed by atoms with Crippen LogP contribution >= 0.6 is 0 Å². The van der Waals surface area contributed by atoms with Crippen molar-refractivity contribution < 1.29 is 9.59 Å². The van der Waals surface area contributed by atoms with Gasteiger partial charge in [-0.05, 0) is 30.5 Å². The van der Waals surface area contributed by atoms with Crippen LogP contribution < -0.4 is 5.32 Å². The van der Waals surface area contributed by atoms with Crippen LogP contribution in [0.3, 0.4) is 0 Å². The number of carbonyl (C=O) groups is 2. The molecule has 0 atom stereocenters. The summed E-state index contributed by atoms with van der Waals surface area (Å²) in [6.07, 6.45) is 6.47. The molecule has 0 aliphatic rings. The van der Waals surface area contributed by atoms with Gasteiger partial charge in [-0.25, -0.2) is 0 Å². The second-order valence-corrected chi connectivity index (χ2v) is 5.04. The Morgan fingerprint density at radius 3 is 2.23 bits per heavy atom. The molecule has 0 aliphatic carbocycles. The summed E-state index contributed by atoms with van der Waals surface area (Å²) in [6.45, 7) is 9.94. The lowest BCUT2D eigenvalue weighted by Crippen LogP contribution is -2.39. The van der Waals surface area contributed by atoms with E-state index in [-0.39, 0.29) is 0 Å². The highest BCUT2D eigenvalue weighted by molar-refractivity contribution is 6.39. The Bertz CT molecular complexity index is 510. The lowest BCUT2D eigenvalue weighted by molar-refractivity contribution is -0.142. The third-order valence-corrected chi connectivity index (χ3v) is 3.21. The number of nitrogens with one attached hydrogen (secondary N) is 1. The van der Waals surface area contributed by atoms with Gasteiger partial charge in [0.2, 0.25) is 0 Å². The molecule has 0 saturated heterocycles. The molecule has 2 amide bonds. The zero-order chi connectivity index (χ0) is 16.4. The normalized spacial score (nSPS) is 9.86. The van der Waals surface area contributed by atoms with Gasteiger partial charge in [-0.1, -0.05) is 37.6 Å². The van der Waals surface area contributed by atoms with E-state index in [0.29, 0.717) is 18.8 Å². The van der Waals surface area contributed by atoms with E-state index >= 15 is 0 Å². The minimum Gasteiger partial charge on any atom is -0.327 e. The fourth-order valence-corrected chi connectivity index (χ4v) is 2.02. The molecule has 22 heavy (non-hydrogen) atoms. The number of unbranched alkanes of at least 4 members (excludes halogenated alkanes) is 1. The van der Waals surface area contributed by atoms with E-state index in [1.807, 2.05) is 24.3 Å². The molecule has 0 spiro atoms. The second kappa shape index (κ2) is 9.55. The van der Waals surface area contributed by atoms with Crippen molar-refractivity contribution in [2.75, 3.05) is 18.4 Å². The van der Waals surface area contributed by atoms with Gasteiger partial charge in [-0.3, -0.25) is 9.59 Å². The molecule has 4 heteroatoms. The Labute approximate surface area is 132 Å². The van der Waals surface area contributed by atoms with Crippen LogP contribution in [-0.2, 0) is 16.0 Å². The van der Waals surface area contributed by atoms with Crippen LogP contribution in [0.25, 0.3) is 0 Å². The molecule has 118 valence electrons. The summed E-state index contributed by atoms with van der Waals surface area (Å²) in [5.41, 5.74) is 1.85. The number of rotatable bonds is 8. The van der Waals surface area contributed by atoms with Crippen LogP contribution in [-0.4, -0.2) is 29.8 Å². The van der Waals surface area contributed by atoms with Crippen LogP contribution in [0.4, 0.5) is 5.69 Å². The number of nitrogens with zero attached hydrogens (tertiary/aromatic N) is 1. The number of aryl methyl sites for hydroxylation is 1. The lowest BCUT2D eigenvalue weighted by atomic mass is 10.1. The van der Waals surface area contributed by atoms with Gasteiger partial charge in [0.1, 0.15) is 0 Å². The maximum absolute atomic E-state index is 12.1. The van der Waals surface area contributed by atoms with Crippen molar-refractivity contribution in [1.29, 1.82) is 0 Å². The zero-order valence-corrected chi connectivity index (χ0v) is 13.2. The highest BCUT2D eigenvalue weighted by Crippen LogP contribution is 2.12. The Morgan fingerprint density at radius 1 is 1.14 bits per heavy atom. The molecule has 1 rings (SSSR count). The molecule has 0 radical (unpaired) electrons. The van der Waals surface area contributed by atoms with Crippen molar-refractivity contribution in [1.82, 2.24) is 4.90 Å². The standard InChI is InChI=1S/C18H24N2O2/c1-4-7-8-15-9-11-16(12-10-15)19-17(21)18(22)20(13-5-2)14-6-3/h5-6,9-12H,2-4,7-8,13-14H2,1H3,(H,19,21). The summed E-state index contributed by atoms with van der Waals surface area (Å²) in [6, 6.07) is 7.59. The molecule has 0 aliphatic heterocycles. The maximum atomic E-state index is 12.1. The van der Waals surface area contributed by atoms with E-state index in [2.05, 4.69) is 25.4 Å². The smallest absolute Gasteiger partial charge is 0.313 e. The van der Waals surface area contributed by atoms with Crippen molar-refractivity contribution in [3.05, 3.63) is 55.1 Å². The van der Waals surface area contributed by atoms with Crippen molar-refractivity contribution in [3.8, 4) is 0 Å².